The topological polar surface area (TPSA) is 124 Å². The van der Waals surface area contributed by atoms with Crippen LogP contribution in [0.2, 0.25) is 0 Å². The van der Waals surface area contributed by atoms with Crippen molar-refractivity contribution in [1.29, 1.82) is 0 Å². The summed E-state index contributed by atoms with van der Waals surface area (Å²) in [6.07, 6.45) is 2.89. The van der Waals surface area contributed by atoms with Crippen LogP contribution in [0.25, 0.3) is 0 Å². The monoisotopic (exact) mass is 534 g/mol. The van der Waals surface area contributed by atoms with Crippen molar-refractivity contribution in [3.63, 3.8) is 0 Å². The van der Waals surface area contributed by atoms with Gasteiger partial charge in [-0.15, -0.1) is 0 Å². The molecular weight excluding hydrogens is 504 g/mol. The Kier molecular flexibility index (Phi) is 7.13. The van der Waals surface area contributed by atoms with Crippen LogP contribution in [0.5, 0.6) is 0 Å². The Balaban J connectivity index is 1.34. The van der Waals surface area contributed by atoms with Gasteiger partial charge >= 0.3 is 6.03 Å². The van der Waals surface area contributed by atoms with Crippen molar-refractivity contribution in [3.8, 4) is 0 Å². The van der Waals surface area contributed by atoms with Gasteiger partial charge in [0.05, 0.1) is 9.79 Å². The molecule has 12 heteroatoms. The van der Waals surface area contributed by atoms with Crippen molar-refractivity contribution in [2.75, 3.05) is 44.9 Å². The molecule has 36 heavy (non-hydrogen) atoms. The average molecular weight is 535 g/mol. The maximum absolute atomic E-state index is 13.0. The number of likely N-dealkylation sites (tertiary alicyclic amines) is 1. The van der Waals surface area contributed by atoms with Crippen LogP contribution < -0.4 is 10.2 Å². The first-order valence-electron chi connectivity index (χ1n) is 11.6. The molecule has 4 rings (SSSR count). The van der Waals surface area contributed by atoms with Gasteiger partial charge in [0.1, 0.15) is 0 Å². The van der Waals surface area contributed by atoms with Gasteiger partial charge in [0.15, 0.2) is 9.84 Å². The zero-order valence-electron chi connectivity index (χ0n) is 20.5. The number of piperidine rings is 1. The van der Waals surface area contributed by atoms with E-state index in [1.54, 1.807) is 21.9 Å². The molecule has 1 N–H and O–H groups in total. The number of rotatable bonds is 5. The molecule has 0 aliphatic carbocycles. The molecule has 0 atom stereocenters. The molecule has 1 saturated heterocycles. The van der Waals surface area contributed by atoms with Gasteiger partial charge in [0.2, 0.25) is 10.0 Å². The van der Waals surface area contributed by atoms with Crippen LogP contribution in [-0.2, 0) is 26.3 Å². The van der Waals surface area contributed by atoms with Gasteiger partial charge in [0.25, 0.3) is 5.91 Å². The lowest BCUT2D eigenvalue weighted by molar-refractivity contribution is 0.0708. The van der Waals surface area contributed by atoms with Gasteiger partial charge in [-0.3, -0.25) is 9.69 Å². The van der Waals surface area contributed by atoms with Crippen LogP contribution in [0.4, 0.5) is 10.5 Å². The van der Waals surface area contributed by atoms with Gasteiger partial charge in [-0.25, -0.2) is 25.9 Å². The van der Waals surface area contributed by atoms with E-state index >= 15 is 0 Å². The number of anilines is 1. The van der Waals surface area contributed by atoms with Crippen molar-refractivity contribution in [2.45, 2.75) is 35.1 Å². The molecule has 0 saturated carbocycles. The Morgan fingerprint density at radius 1 is 0.917 bits per heavy atom. The molecule has 2 heterocycles. The largest absolute Gasteiger partial charge is 0.338 e. The SMILES string of the molecule is CN(C)S(=O)(=O)c1ccc2c(c1)CCN2C(=O)NC1CCN(C(=O)c2ccc(S(C)(=O)=O)cc2)CC1. The summed E-state index contributed by atoms with van der Waals surface area (Å²) in [6.45, 7) is 1.41. The van der Waals surface area contributed by atoms with Gasteiger partial charge in [-0.2, -0.15) is 0 Å². The summed E-state index contributed by atoms with van der Waals surface area (Å²) in [7, 11) is -3.91. The quantitative estimate of drug-likeness (QED) is 0.623. The van der Waals surface area contributed by atoms with Crippen LogP contribution in [0.3, 0.4) is 0 Å². The maximum atomic E-state index is 13.0. The fourth-order valence-electron chi connectivity index (χ4n) is 4.47. The summed E-state index contributed by atoms with van der Waals surface area (Å²) in [5, 5.41) is 3.04. The molecule has 194 valence electrons. The summed E-state index contributed by atoms with van der Waals surface area (Å²) < 4.78 is 49.2. The molecule has 2 aromatic carbocycles. The third kappa shape index (κ3) is 5.25. The van der Waals surface area contributed by atoms with Gasteiger partial charge in [0, 0.05) is 57.3 Å². The molecule has 0 radical (unpaired) electrons. The fraction of sp³-hybridized carbons (Fsp3) is 0.417. The molecule has 0 spiro atoms. The second-order valence-corrected chi connectivity index (χ2v) is 13.5. The molecule has 10 nitrogen and oxygen atoms in total. The Hall–Kier alpha value is -2.96. The van der Waals surface area contributed by atoms with Crippen LogP contribution in [0, 0.1) is 0 Å². The Morgan fingerprint density at radius 2 is 1.53 bits per heavy atom. The highest BCUT2D eigenvalue weighted by molar-refractivity contribution is 7.90. The lowest BCUT2D eigenvalue weighted by atomic mass is 10.0. The minimum absolute atomic E-state index is 0.0911. The second kappa shape index (κ2) is 9.83. The van der Waals surface area contributed by atoms with Gasteiger partial charge in [-0.05, 0) is 67.3 Å². The molecule has 0 unspecified atom stereocenters. The molecule has 2 aliphatic heterocycles. The second-order valence-electron chi connectivity index (χ2n) is 9.29. The highest BCUT2D eigenvalue weighted by Crippen LogP contribution is 2.31. The zero-order chi connectivity index (χ0) is 26.3. The van der Waals surface area contributed by atoms with Crippen molar-refractivity contribution in [3.05, 3.63) is 53.6 Å². The Morgan fingerprint density at radius 3 is 2.11 bits per heavy atom. The first-order valence-corrected chi connectivity index (χ1v) is 14.9. The predicted octanol–water partition coefficient (Wildman–Crippen LogP) is 1.72. The minimum atomic E-state index is -3.54. The number of sulfonamides is 1. The van der Waals surface area contributed by atoms with E-state index in [9.17, 15) is 26.4 Å². The van der Waals surface area contributed by atoms with Crippen molar-refractivity contribution in [1.82, 2.24) is 14.5 Å². The van der Waals surface area contributed by atoms with Gasteiger partial charge in [-0.1, -0.05) is 0 Å². The number of sulfone groups is 1. The molecule has 1 fully saturated rings. The summed E-state index contributed by atoms with van der Waals surface area (Å²) >= 11 is 0. The molecule has 0 aromatic heterocycles. The highest BCUT2D eigenvalue weighted by Gasteiger charge is 2.30. The lowest BCUT2D eigenvalue weighted by Gasteiger charge is -2.33. The number of urea groups is 1. The molecule has 2 aromatic rings. The van der Waals surface area contributed by atoms with Crippen LogP contribution in [-0.4, -0.2) is 84.0 Å². The van der Waals surface area contributed by atoms with Crippen molar-refractivity contribution >= 4 is 37.5 Å². The number of nitrogens with zero attached hydrogens (tertiary/aromatic N) is 3. The third-order valence-corrected chi connectivity index (χ3v) is 9.55. The van der Waals surface area contributed by atoms with Crippen LogP contribution >= 0.6 is 0 Å². The predicted molar refractivity (Wildman–Crippen MR) is 135 cm³/mol. The minimum Gasteiger partial charge on any atom is -0.338 e. The van der Waals surface area contributed by atoms with Gasteiger partial charge < -0.3 is 10.2 Å². The number of fused-ring (bicyclic) bond motifs is 1. The first kappa shape index (κ1) is 26.1. The van der Waals surface area contributed by atoms with Crippen LogP contribution in [0.15, 0.2) is 52.3 Å². The standard InChI is InChI=1S/C24H30N4O6S2/c1-26(2)36(33,34)21-8-9-22-18(16-21)10-15-28(22)24(30)25-19-11-13-27(14-12-19)23(29)17-4-6-20(7-5-17)35(3,31)32/h4-9,16,19H,10-15H2,1-3H3,(H,25,30). The molecule has 3 amide bonds. The summed E-state index contributed by atoms with van der Waals surface area (Å²) in [4.78, 5) is 29.5. The summed E-state index contributed by atoms with van der Waals surface area (Å²) in [5.74, 6) is -0.170. The summed E-state index contributed by atoms with van der Waals surface area (Å²) in [6, 6.07) is 10.4. The van der Waals surface area contributed by atoms with E-state index in [0.29, 0.717) is 50.1 Å². The van der Waals surface area contributed by atoms with E-state index in [1.165, 1.54) is 44.4 Å². The number of amides is 3. The number of hydrogen-bond donors (Lipinski definition) is 1. The number of hydrogen-bond acceptors (Lipinski definition) is 6. The van der Waals surface area contributed by atoms with Crippen molar-refractivity contribution < 1.29 is 26.4 Å². The number of carbonyl (C=O) groups is 2. The highest BCUT2D eigenvalue weighted by atomic mass is 32.2. The smallest absolute Gasteiger partial charge is 0.322 e. The average Bonchev–Trinajstić information content (AvgIpc) is 3.27. The number of carbonyl (C=O) groups excluding carboxylic acids is 2. The van der Waals surface area contributed by atoms with E-state index in [2.05, 4.69) is 5.32 Å². The first-order chi connectivity index (χ1) is 16.9. The Bertz CT molecular complexity index is 1380. The van der Waals surface area contributed by atoms with E-state index in [4.69, 9.17) is 0 Å². The molecule has 0 bridgehead atoms. The fourth-order valence-corrected chi connectivity index (χ4v) is 6.05. The Labute approximate surface area is 211 Å². The van der Waals surface area contributed by atoms with E-state index in [-0.39, 0.29) is 27.8 Å². The third-order valence-electron chi connectivity index (χ3n) is 6.61. The number of nitrogens with one attached hydrogen (secondary N) is 1. The normalized spacial score (nSPS) is 16.8. The van der Waals surface area contributed by atoms with Crippen molar-refractivity contribution in [2.24, 2.45) is 0 Å². The van der Waals surface area contributed by atoms with E-state index < -0.39 is 19.9 Å². The number of benzene rings is 2. The molecule has 2 aliphatic rings. The van der Waals surface area contributed by atoms with E-state index in [0.717, 1.165) is 16.1 Å². The van der Waals surface area contributed by atoms with E-state index in [1.807, 2.05) is 0 Å². The van der Waals surface area contributed by atoms with Crippen LogP contribution in [0.1, 0.15) is 28.8 Å². The zero-order valence-corrected chi connectivity index (χ0v) is 22.1. The molecular formula is C24H30N4O6S2. The maximum Gasteiger partial charge on any atom is 0.322 e. The summed E-state index contributed by atoms with van der Waals surface area (Å²) in [5.41, 5.74) is 1.94. The lowest BCUT2D eigenvalue weighted by Crippen LogP contribution is -2.50.